The second-order valence-corrected chi connectivity index (χ2v) is 6.17. The van der Waals surface area contributed by atoms with Crippen LogP contribution in [0.4, 0.5) is 0 Å². The summed E-state index contributed by atoms with van der Waals surface area (Å²) in [6.07, 6.45) is 9.37. The number of unbranched alkanes of at least 4 members (excludes halogenated alkanes) is 3. The maximum Gasteiger partial charge on any atom is 0.328 e. The first-order chi connectivity index (χ1) is 11.7. The molecule has 0 aliphatic rings. The lowest BCUT2D eigenvalue weighted by molar-refractivity contribution is 0.525. The van der Waals surface area contributed by atoms with Crippen molar-refractivity contribution in [3.05, 3.63) is 62.8 Å². The molecule has 0 fully saturated rings. The second kappa shape index (κ2) is 7.49. The zero-order valence-electron chi connectivity index (χ0n) is 13.2. The van der Waals surface area contributed by atoms with Crippen LogP contribution in [-0.2, 0) is 13.1 Å². The molecular formula is C17H19ClN4O2. The fraction of sp³-hybridized carbons (Fsp3) is 0.353. The van der Waals surface area contributed by atoms with Crippen molar-refractivity contribution in [3.63, 3.8) is 0 Å². The Morgan fingerprint density at radius 2 is 1.88 bits per heavy atom. The van der Waals surface area contributed by atoms with Gasteiger partial charge in [0.2, 0.25) is 0 Å². The lowest BCUT2D eigenvalue weighted by Crippen LogP contribution is -2.35. The Kier molecular flexibility index (Phi) is 5.15. The van der Waals surface area contributed by atoms with E-state index in [9.17, 15) is 9.59 Å². The van der Waals surface area contributed by atoms with Gasteiger partial charge in [0.25, 0.3) is 5.56 Å². The fourth-order valence-corrected chi connectivity index (χ4v) is 3.00. The molecule has 0 radical (unpaired) electrons. The maximum atomic E-state index is 12.5. The highest BCUT2D eigenvalue weighted by Gasteiger charge is 2.09. The molecule has 0 amide bonds. The molecule has 0 aliphatic carbocycles. The summed E-state index contributed by atoms with van der Waals surface area (Å²) in [6.45, 7) is 1.36. The summed E-state index contributed by atoms with van der Waals surface area (Å²) in [4.78, 5) is 31.3. The van der Waals surface area contributed by atoms with Gasteiger partial charge in [-0.3, -0.25) is 9.36 Å². The highest BCUT2D eigenvalue weighted by atomic mass is 35.5. The molecule has 1 N–H and O–H groups in total. The molecule has 0 bridgehead atoms. The van der Waals surface area contributed by atoms with E-state index in [1.165, 1.54) is 4.57 Å². The monoisotopic (exact) mass is 346 g/mol. The molecule has 3 aromatic rings. The van der Waals surface area contributed by atoms with Crippen molar-refractivity contribution in [2.45, 2.75) is 38.8 Å². The van der Waals surface area contributed by atoms with Gasteiger partial charge in [-0.1, -0.05) is 30.5 Å². The Balaban J connectivity index is 1.59. The van der Waals surface area contributed by atoms with E-state index in [1.807, 2.05) is 10.8 Å². The molecular weight excluding hydrogens is 328 g/mol. The van der Waals surface area contributed by atoms with E-state index in [0.29, 0.717) is 22.5 Å². The van der Waals surface area contributed by atoms with E-state index in [4.69, 9.17) is 11.6 Å². The van der Waals surface area contributed by atoms with Crippen molar-refractivity contribution < 1.29 is 0 Å². The number of aromatic amines is 1. The minimum atomic E-state index is -0.404. The predicted molar refractivity (Wildman–Crippen MR) is 94.5 cm³/mol. The van der Waals surface area contributed by atoms with E-state index >= 15 is 0 Å². The van der Waals surface area contributed by atoms with Gasteiger partial charge < -0.3 is 9.55 Å². The number of para-hydroxylation sites is 1. The van der Waals surface area contributed by atoms with Crippen LogP contribution in [0.2, 0.25) is 5.02 Å². The summed E-state index contributed by atoms with van der Waals surface area (Å²) in [5.41, 5.74) is -0.278. The van der Waals surface area contributed by atoms with Crippen LogP contribution in [0.25, 0.3) is 10.9 Å². The minimum Gasteiger partial charge on any atom is -0.337 e. The van der Waals surface area contributed by atoms with Gasteiger partial charge in [-0.25, -0.2) is 9.78 Å². The lowest BCUT2D eigenvalue weighted by atomic mass is 10.2. The van der Waals surface area contributed by atoms with E-state index in [-0.39, 0.29) is 5.56 Å². The van der Waals surface area contributed by atoms with E-state index in [0.717, 1.165) is 32.2 Å². The molecule has 24 heavy (non-hydrogen) atoms. The number of fused-ring (bicyclic) bond motifs is 1. The number of aryl methyl sites for hydroxylation is 1. The van der Waals surface area contributed by atoms with Crippen LogP contribution < -0.4 is 11.2 Å². The largest absolute Gasteiger partial charge is 0.337 e. The van der Waals surface area contributed by atoms with Crippen molar-refractivity contribution in [1.82, 2.24) is 19.1 Å². The summed E-state index contributed by atoms with van der Waals surface area (Å²) < 4.78 is 3.30. The van der Waals surface area contributed by atoms with Gasteiger partial charge in [0.05, 0.1) is 22.3 Å². The van der Waals surface area contributed by atoms with Gasteiger partial charge in [0.1, 0.15) is 0 Å². The molecule has 0 aliphatic heterocycles. The molecule has 2 aromatic heterocycles. The Morgan fingerprint density at radius 1 is 1.08 bits per heavy atom. The van der Waals surface area contributed by atoms with Gasteiger partial charge in [-0.05, 0) is 25.0 Å². The highest BCUT2D eigenvalue weighted by molar-refractivity contribution is 6.34. The number of benzene rings is 1. The van der Waals surface area contributed by atoms with Gasteiger partial charge in [-0.15, -0.1) is 0 Å². The smallest absolute Gasteiger partial charge is 0.328 e. The van der Waals surface area contributed by atoms with Crippen molar-refractivity contribution in [2.75, 3.05) is 0 Å². The molecule has 0 saturated heterocycles. The third-order valence-electron chi connectivity index (χ3n) is 4.07. The molecule has 0 spiro atoms. The molecule has 6 nitrogen and oxygen atoms in total. The number of aromatic nitrogens is 4. The summed E-state index contributed by atoms with van der Waals surface area (Å²) in [6, 6.07) is 5.05. The number of H-pyrrole nitrogens is 1. The molecule has 0 saturated carbocycles. The Bertz CT molecular complexity index is 928. The molecule has 3 rings (SSSR count). The van der Waals surface area contributed by atoms with Crippen LogP contribution >= 0.6 is 11.6 Å². The van der Waals surface area contributed by atoms with Crippen molar-refractivity contribution >= 4 is 22.5 Å². The average molecular weight is 347 g/mol. The Labute approximate surface area is 143 Å². The van der Waals surface area contributed by atoms with E-state index in [2.05, 4.69) is 9.97 Å². The minimum absolute atomic E-state index is 0.283. The third kappa shape index (κ3) is 3.59. The maximum absolute atomic E-state index is 12.5. The van der Waals surface area contributed by atoms with E-state index < -0.39 is 5.69 Å². The number of imidazole rings is 1. The zero-order valence-corrected chi connectivity index (χ0v) is 14.0. The Morgan fingerprint density at radius 3 is 2.62 bits per heavy atom. The topological polar surface area (TPSA) is 72.7 Å². The molecule has 7 heteroatoms. The van der Waals surface area contributed by atoms with Crippen molar-refractivity contribution in [1.29, 1.82) is 0 Å². The fourth-order valence-electron chi connectivity index (χ4n) is 2.78. The van der Waals surface area contributed by atoms with Crippen LogP contribution in [0, 0.1) is 0 Å². The molecule has 2 heterocycles. The number of nitrogens with one attached hydrogen (secondary N) is 1. The van der Waals surface area contributed by atoms with Crippen LogP contribution in [-0.4, -0.2) is 19.1 Å². The van der Waals surface area contributed by atoms with Crippen LogP contribution in [0.15, 0.2) is 46.5 Å². The molecule has 0 unspecified atom stereocenters. The standard InChI is InChI=1S/C17H19ClN4O2/c18-14-7-5-6-13-15(14)20-17(24)22(16(13)23)10-4-2-1-3-9-21-11-8-19-12-21/h5-8,11-12H,1-4,9-10H2,(H,20,24). The number of hydrogen-bond acceptors (Lipinski definition) is 3. The Hall–Kier alpha value is -2.34. The predicted octanol–water partition coefficient (Wildman–Crippen LogP) is 2.80. The zero-order chi connectivity index (χ0) is 16.9. The summed E-state index contributed by atoms with van der Waals surface area (Å²) in [7, 11) is 0. The summed E-state index contributed by atoms with van der Waals surface area (Å²) in [5.74, 6) is 0. The molecule has 1 aromatic carbocycles. The first-order valence-electron chi connectivity index (χ1n) is 8.04. The average Bonchev–Trinajstić information content (AvgIpc) is 3.08. The molecule has 0 atom stereocenters. The van der Waals surface area contributed by atoms with Gasteiger partial charge in [0.15, 0.2) is 0 Å². The van der Waals surface area contributed by atoms with Crippen molar-refractivity contribution in [3.8, 4) is 0 Å². The summed E-state index contributed by atoms with van der Waals surface area (Å²) >= 11 is 6.03. The van der Waals surface area contributed by atoms with Gasteiger partial charge in [0, 0.05) is 25.5 Å². The summed E-state index contributed by atoms with van der Waals surface area (Å²) in [5, 5.41) is 0.829. The highest BCUT2D eigenvalue weighted by Crippen LogP contribution is 2.17. The van der Waals surface area contributed by atoms with Crippen molar-refractivity contribution in [2.24, 2.45) is 0 Å². The first-order valence-corrected chi connectivity index (χ1v) is 8.42. The van der Waals surface area contributed by atoms with Gasteiger partial charge >= 0.3 is 5.69 Å². The van der Waals surface area contributed by atoms with Crippen LogP contribution in [0.5, 0.6) is 0 Å². The quantitative estimate of drug-likeness (QED) is 0.668. The SMILES string of the molecule is O=c1[nH]c2c(Cl)cccc2c(=O)n1CCCCCCn1ccnc1. The second-order valence-electron chi connectivity index (χ2n) is 5.76. The number of hydrogen-bond donors (Lipinski definition) is 1. The van der Waals surface area contributed by atoms with E-state index in [1.54, 1.807) is 30.7 Å². The molecule has 126 valence electrons. The van der Waals surface area contributed by atoms with Gasteiger partial charge in [-0.2, -0.15) is 0 Å². The normalized spacial score (nSPS) is 11.2. The third-order valence-corrected chi connectivity index (χ3v) is 4.39. The number of halogens is 1. The lowest BCUT2D eigenvalue weighted by Gasteiger charge is -2.07. The first kappa shape index (κ1) is 16.5. The number of nitrogens with zero attached hydrogens (tertiary/aromatic N) is 3. The van der Waals surface area contributed by atoms with Crippen LogP contribution in [0.1, 0.15) is 25.7 Å². The van der Waals surface area contributed by atoms with Crippen LogP contribution in [0.3, 0.4) is 0 Å². The number of rotatable bonds is 7.